The third kappa shape index (κ3) is 61.3. The van der Waals surface area contributed by atoms with Gasteiger partial charge in [0.25, 0.3) is 5.91 Å². The Morgan fingerprint density at radius 2 is 0.957 bits per heavy atom. The van der Waals surface area contributed by atoms with E-state index in [2.05, 4.69) is 90.7 Å². The lowest BCUT2D eigenvalue weighted by Crippen LogP contribution is -2.58. The number of aromatic hydroxyl groups is 1. The van der Waals surface area contributed by atoms with Crippen LogP contribution in [0.3, 0.4) is 0 Å². The van der Waals surface area contributed by atoms with Crippen molar-refractivity contribution in [2.24, 2.45) is 16.5 Å². The molecule has 11 amide bonds. The molecule has 1 aromatic carbocycles. The zero-order valence-electron chi connectivity index (χ0n) is 80.0. The number of ketones is 4. The predicted octanol–water partition coefficient (Wildman–Crippen LogP) is -2.35. The van der Waals surface area contributed by atoms with Gasteiger partial charge in [-0.2, -0.15) is 4.39 Å². The normalized spacial score (nSPS) is 14.9. The SMILES string of the molecule is C=C1CNC(=O)[C@H](CCCN=C(N)N)NC(=O)[C@H](CCCCNC(=O)CCC(=O)[C@H](CCC(=O)CCC(=O)NC)NC(=O)CCOCCOCCOCCOCCn2cc(COCCOCCOCC[18F])nn2)NC(=O)[C@@H](Cc2ccc(O)cc2)NC(=O)[C@H](CC(=O)O)N1.CNC(=O)CCC(=O)CC[C@H](NC(=O)CCOCCOCCOCCOCCNC(=O)c1ccc([18F])nc1)C(=O)CCC(=O)NC. The lowest BCUT2D eigenvalue weighted by atomic mass is 9.99. The van der Waals surface area contributed by atoms with Crippen molar-refractivity contribution in [3.05, 3.63) is 83.8 Å². The minimum Gasteiger partial charge on any atom is -0.508 e. The number of rotatable bonds is 76. The van der Waals surface area contributed by atoms with Crippen LogP contribution >= 0.6 is 0 Å². The number of benzene rings is 1. The summed E-state index contributed by atoms with van der Waals surface area (Å²) in [6, 6.07) is 0.751. The number of unbranched alkanes of at least 4 members (excludes halogenated alkanes) is 1. The number of guanidine groups is 1. The van der Waals surface area contributed by atoms with Gasteiger partial charge in [0.05, 0.1) is 189 Å². The van der Waals surface area contributed by atoms with Crippen molar-refractivity contribution in [3.63, 3.8) is 0 Å². The zero-order valence-corrected chi connectivity index (χ0v) is 80.0. The summed E-state index contributed by atoms with van der Waals surface area (Å²) in [6.45, 7) is 9.89. The molecule has 0 saturated carbocycles. The lowest BCUT2D eigenvalue weighted by molar-refractivity contribution is -0.140. The number of nitrogens with two attached hydrogens (primary N) is 2. The lowest BCUT2D eigenvalue weighted by Gasteiger charge is -2.26. The molecule has 1 saturated heterocycles. The van der Waals surface area contributed by atoms with Gasteiger partial charge in [-0.05, 0) is 74.8 Å². The first-order valence-electron chi connectivity index (χ1n) is 46.4. The number of nitrogens with zero attached hydrogens (tertiary/aromatic N) is 5. The maximum absolute atomic E-state index is 14.2. The molecule has 0 radical (unpaired) electrons. The van der Waals surface area contributed by atoms with E-state index in [1.165, 1.54) is 51.5 Å². The molecule has 6 atom stereocenters. The fraction of sp³-hybridized carbons (Fsp3) is 0.644. The largest absolute Gasteiger partial charge is 0.508 e. The van der Waals surface area contributed by atoms with Crippen molar-refractivity contribution < 1.29 is 148 Å². The summed E-state index contributed by atoms with van der Waals surface area (Å²) < 4.78 is 86.1. The molecule has 1 fully saturated rings. The monoisotopic (exact) mass is 1990 g/mol. The fourth-order valence-corrected chi connectivity index (χ4v) is 12.5. The maximum Gasteiger partial charge on any atom is 0.305 e. The standard InChI is InChI=1S/C60H95FN14O19.C30H46FN5O10/c1-41-38-67-56(84)47(7-5-21-66-60(62)63)70-57(85)48(71-58(86)49(36-42-8-10-44(76)11-9-42)72-59(87)50(68-41)37-55(82)83)6-3-4-20-65-53(80)17-15-51(78)46(14-12-45(77)13-16-52(79)64-2)69-54(81)18-23-88-26-29-91-32-33-92-31-28-90-25-22-75-39-43(73-74-75)40-94-35-34-93-30-27-89-24-19-61;1-32-27(39)9-5-23(37)4-6-24(25(38)7-10-28(40)33-2)36-29(41)11-13-43-15-17-45-19-20-46-18-16-44-14-12-34-30(42)22-3-8-26(31)35-21-22/h8-11,39,46-50,68,76H,1,3-7,12-38,40H2,2H3,(H,64,79)(H,65,80)(H,67,84)(H,69,81)(H,70,85)(H,71,86)(H,72,87)(H,82,83)(H4,62,63,66);3,8,21,24H,4-7,9-20H2,1-2H3,(H,32,39)(H,33,40)(H,34,42)(H,36,41)/t46-,47-,48-,49+,50-;24-/m00/s1/i61-1;31-1. The van der Waals surface area contributed by atoms with Gasteiger partial charge in [-0.15, -0.1) is 5.10 Å². The van der Waals surface area contributed by atoms with E-state index >= 15 is 0 Å². The Labute approximate surface area is 811 Å². The van der Waals surface area contributed by atoms with Crippen LogP contribution in [0.4, 0.5) is 8.78 Å². The highest BCUT2D eigenvalue weighted by molar-refractivity contribution is 5.97. The number of aromatic nitrogens is 4. The number of hydrogen-bond acceptors (Lipinski definition) is 33. The van der Waals surface area contributed by atoms with Crippen LogP contribution in [0.15, 0.2) is 66.1 Å². The molecular formula is C90H141F2N19O29. The summed E-state index contributed by atoms with van der Waals surface area (Å²) in [7, 11) is 4.37. The predicted molar refractivity (Wildman–Crippen MR) is 497 cm³/mol. The van der Waals surface area contributed by atoms with Gasteiger partial charge < -0.3 is 138 Å². The maximum atomic E-state index is 14.2. The Kier molecular flexibility index (Phi) is 66.9. The Morgan fingerprint density at radius 3 is 1.46 bits per heavy atom. The molecule has 3 heterocycles. The average molecular weight is 1990 g/mol. The number of pyridine rings is 1. The number of halogens is 2. The van der Waals surface area contributed by atoms with E-state index < -0.39 is 108 Å². The van der Waals surface area contributed by atoms with Crippen LogP contribution in [0.1, 0.15) is 150 Å². The van der Waals surface area contributed by atoms with Gasteiger partial charge in [0, 0.05) is 136 Å². The highest BCUT2D eigenvalue weighted by atomic mass is 18.2. The van der Waals surface area contributed by atoms with E-state index in [9.17, 15) is 95.7 Å². The van der Waals surface area contributed by atoms with E-state index in [1.807, 2.05) is 0 Å². The van der Waals surface area contributed by atoms with Crippen molar-refractivity contribution in [3.8, 4) is 5.75 Å². The molecule has 48 nitrogen and oxygen atoms in total. The Bertz CT molecular complexity index is 4250. The fourth-order valence-electron chi connectivity index (χ4n) is 12.5. The molecule has 0 bridgehead atoms. The second-order valence-electron chi connectivity index (χ2n) is 31.3. The molecule has 50 heteroatoms. The van der Waals surface area contributed by atoms with E-state index in [0.717, 1.165) is 12.3 Å². The highest BCUT2D eigenvalue weighted by Crippen LogP contribution is 2.16. The van der Waals surface area contributed by atoms with Gasteiger partial charge in [0.2, 0.25) is 65.0 Å². The first-order chi connectivity index (χ1) is 67.4. The number of carboxylic acids is 1. The number of nitrogens with one attached hydrogen (secondary N) is 12. The number of alkyl halides is 1. The Hall–Kier alpha value is -12.1. The van der Waals surface area contributed by atoms with Gasteiger partial charge in [-0.1, -0.05) is 23.9 Å². The van der Waals surface area contributed by atoms with Gasteiger partial charge in [-0.3, -0.25) is 81.7 Å². The van der Waals surface area contributed by atoms with Crippen LogP contribution in [0.5, 0.6) is 5.75 Å². The number of carboxylic acid groups (broad SMARTS) is 1. The first-order valence-corrected chi connectivity index (χ1v) is 46.4. The Morgan fingerprint density at radius 1 is 0.500 bits per heavy atom. The molecule has 18 N–H and O–H groups in total. The summed E-state index contributed by atoms with van der Waals surface area (Å²) in [5.74, 6) is -9.65. The van der Waals surface area contributed by atoms with Crippen LogP contribution in [0.25, 0.3) is 0 Å². The number of amides is 11. The number of aliphatic imine (C=N–C) groups is 1. The van der Waals surface area contributed by atoms with Gasteiger partial charge in [0.1, 0.15) is 53.9 Å². The number of carbonyl (C=O) groups is 16. The summed E-state index contributed by atoms with van der Waals surface area (Å²) in [5.41, 5.74) is 12.4. The highest BCUT2D eigenvalue weighted by Gasteiger charge is 2.34. The number of hydrogen-bond donors (Lipinski definition) is 16. The molecule has 4 rings (SSSR count). The molecular weight excluding hydrogens is 1850 g/mol. The average Bonchev–Trinajstić information content (AvgIpc) is 1.00. The number of Topliss-reactive ketones (excluding diaryl/α,β-unsaturated/α-hetero) is 4. The van der Waals surface area contributed by atoms with E-state index in [1.54, 1.807) is 10.9 Å². The topological polar surface area (TPSA) is 667 Å². The van der Waals surface area contributed by atoms with Crippen molar-refractivity contribution in [1.82, 2.24) is 83.8 Å². The minimum atomic E-state index is -1.46. The van der Waals surface area contributed by atoms with Crippen LogP contribution < -0.4 is 75.3 Å². The first kappa shape index (κ1) is 122. The molecule has 1 aliphatic rings. The summed E-state index contributed by atoms with van der Waals surface area (Å²) in [4.78, 5) is 211. The van der Waals surface area contributed by atoms with Crippen molar-refractivity contribution in [2.75, 3.05) is 193 Å². The molecule has 2 aromatic heterocycles. The Balaban J connectivity index is 0.000000915. The number of carbonyl (C=O) groups excluding carboxylic acids is 15. The van der Waals surface area contributed by atoms with Crippen molar-refractivity contribution >= 4 is 100 Å². The van der Waals surface area contributed by atoms with Crippen molar-refractivity contribution in [1.29, 1.82) is 0 Å². The molecule has 0 aliphatic carbocycles. The minimum absolute atomic E-state index is 0.0101. The van der Waals surface area contributed by atoms with E-state index in [4.69, 9.17) is 63.6 Å². The van der Waals surface area contributed by atoms with Crippen LogP contribution in [-0.4, -0.2) is 359 Å². The quantitative estimate of drug-likeness (QED) is 0.0122. The third-order valence-electron chi connectivity index (χ3n) is 20.1. The molecule has 140 heavy (non-hydrogen) atoms. The summed E-state index contributed by atoms with van der Waals surface area (Å²) >= 11 is 0. The molecule has 1 aliphatic heterocycles. The van der Waals surface area contributed by atoms with E-state index in [0.29, 0.717) is 97.1 Å². The molecule has 3 aromatic rings. The zero-order chi connectivity index (χ0) is 103. The number of aliphatic carboxylic acids is 1. The second-order valence-corrected chi connectivity index (χ2v) is 31.3. The van der Waals surface area contributed by atoms with Crippen molar-refractivity contribution in [2.45, 2.75) is 184 Å². The molecule has 784 valence electrons. The number of phenols is 1. The summed E-state index contributed by atoms with van der Waals surface area (Å²) in [5, 5.41) is 58.9. The van der Waals surface area contributed by atoms with Gasteiger partial charge >= 0.3 is 5.97 Å². The molecule has 0 unspecified atom stereocenters. The molecule has 0 spiro atoms. The smallest absolute Gasteiger partial charge is 0.305 e. The van der Waals surface area contributed by atoms with Crippen LogP contribution in [-0.2, 0) is 144 Å². The summed E-state index contributed by atoms with van der Waals surface area (Å²) in [6.07, 6.45) is 1.60. The van der Waals surface area contributed by atoms with Gasteiger partial charge in [0.15, 0.2) is 17.5 Å². The third-order valence-corrected chi connectivity index (χ3v) is 20.1. The number of ether oxygens (including phenoxy) is 11. The number of phenolic OH excluding ortho intramolecular Hbond substituents is 1. The van der Waals surface area contributed by atoms with Gasteiger partial charge in [-0.25, -0.2) is 14.1 Å². The van der Waals surface area contributed by atoms with Crippen LogP contribution in [0.2, 0.25) is 0 Å². The second kappa shape index (κ2) is 76.7. The van der Waals surface area contributed by atoms with E-state index in [-0.39, 0.29) is 285 Å². The van der Waals surface area contributed by atoms with Crippen LogP contribution in [0, 0.1) is 5.95 Å².